The van der Waals surface area contributed by atoms with Crippen molar-refractivity contribution in [3.63, 3.8) is 0 Å². The monoisotopic (exact) mass is 310 g/mol. The molecule has 0 aliphatic carbocycles. The minimum Gasteiger partial charge on any atom is -0.467 e. The molecular weight excluding hydrogens is 292 g/mol. The third-order valence-corrected chi connectivity index (χ3v) is 3.99. The van der Waals surface area contributed by atoms with Crippen LogP contribution in [-0.2, 0) is 11.3 Å². The first-order valence-electron chi connectivity index (χ1n) is 7.45. The lowest BCUT2D eigenvalue weighted by molar-refractivity contribution is -0.114. The molecule has 23 heavy (non-hydrogen) atoms. The molecule has 2 amide bonds. The predicted octanol–water partition coefficient (Wildman–Crippen LogP) is 3.41. The lowest BCUT2D eigenvalue weighted by atomic mass is 9.96. The Kier molecular flexibility index (Phi) is 4.02. The minimum atomic E-state index is -0.540. The van der Waals surface area contributed by atoms with E-state index in [1.54, 1.807) is 24.0 Å². The molecule has 2 aromatic rings. The van der Waals surface area contributed by atoms with Crippen LogP contribution in [-0.4, -0.2) is 16.7 Å². The van der Waals surface area contributed by atoms with Gasteiger partial charge in [0.1, 0.15) is 11.8 Å². The Morgan fingerprint density at radius 2 is 1.96 bits per heavy atom. The van der Waals surface area contributed by atoms with Crippen molar-refractivity contribution in [1.82, 2.24) is 10.2 Å². The fraction of sp³-hybridized carbons (Fsp3) is 0.222. The molecule has 0 saturated carbocycles. The predicted molar refractivity (Wildman–Crippen MR) is 85.3 cm³/mol. The van der Waals surface area contributed by atoms with E-state index < -0.39 is 6.04 Å². The van der Waals surface area contributed by atoms with Crippen molar-refractivity contribution in [3.05, 3.63) is 71.3 Å². The Hall–Kier alpha value is -2.82. The Bertz CT molecular complexity index is 748. The highest BCUT2D eigenvalue weighted by molar-refractivity contribution is 5.98. The first-order chi connectivity index (χ1) is 11.1. The molecule has 0 unspecified atom stereocenters. The van der Waals surface area contributed by atoms with Gasteiger partial charge in [-0.1, -0.05) is 30.3 Å². The van der Waals surface area contributed by atoms with Crippen LogP contribution in [0.1, 0.15) is 31.2 Å². The summed E-state index contributed by atoms with van der Waals surface area (Å²) in [5.74, 6) is 0.476. The van der Waals surface area contributed by atoms with Crippen molar-refractivity contribution in [2.45, 2.75) is 26.4 Å². The summed E-state index contributed by atoms with van der Waals surface area (Å²) in [6.07, 6.45) is 1.53. The highest BCUT2D eigenvalue weighted by atomic mass is 16.3. The molecule has 118 valence electrons. The normalized spacial score (nSPS) is 18.1. The average molecular weight is 310 g/mol. The van der Waals surface area contributed by atoms with E-state index in [9.17, 15) is 9.59 Å². The van der Waals surface area contributed by atoms with Crippen molar-refractivity contribution < 1.29 is 14.0 Å². The smallest absolute Gasteiger partial charge is 0.322 e. The van der Waals surface area contributed by atoms with Crippen LogP contribution in [0.2, 0.25) is 0 Å². The molecule has 1 aliphatic rings. The topological polar surface area (TPSA) is 62.6 Å². The lowest BCUT2D eigenvalue weighted by Gasteiger charge is -2.34. The summed E-state index contributed by atoms with van der Waals surface area (Å²) in [6.45, 7) is 3.72. The summed E-state index contributed by atoms with van der Waals surface area (Å²) in [5, 5.41) is 2.87. The number of ketones is 1. The molecule has 1 aromatic carbocycles. The second kappa shape index (κ2) is 6.12. The number of carbonyl (C=O) groups excluding carboxylic acids is 2. The number of hydrogen-bond acceptors (Lipinski definition) is 3. The largest absolute Gasteiger partial charge is 0.467 e. The maximum atomic E-state index is 12.5. The summed E-state index contributed by atoms with van der Waals surface area (Å²) >= 11 is 0. The van der Waals surface area contributed by atoms with E-state index in [-0.39, 0.29) is 11.8 Å². The van der Waals surface area contributed by atoms with E-state index in [1.165, 1.54) is 13.2 Å². The summed E-state index contributed by atoms with van der Waals surface area (Å²) in [5.41, 5.74) is 2.21. The number of rotatable bonds is 4. The highest BCUT2D eigenvalue weighted by Crippen LogP contribution is 2.31. The number of hydrogen-bond donors (Lipinski definition) is 1. The van der Waals surface area contributed by atoms with Crippen molar-refractivity contribution in [3.8, 4) is 0 Å². The van der Waals surface area contributed by atoms with Crippen LogP contribution in [0.4, 0.5) is 4.79 Å². The van der Waals surface area contributed by atoms with Crippen molar-refractivity contribution >= 4 is 11.8 Å². The number of benzene rings is 1. The molecular formula is C18H18N2O3. The first kappa shape index (κ1) is 15.1. The molecule has 3 rings (SSSR count). The van der Waals surface area contributed by atoms with Gasteiger partial charge in [0.15, 0.2) is 5.78 Å². The van der Waals surface area contributed by atoms with E-state index in [0.29, 0.717) is 23.6 Å². The molecule has 0 saturated heterocycles. The van der Waals surface area contributed by atoms with Gasteiger partial charge < -0.3 is 9.73 Å². The molecule has 5 nitrogen and oxygen atoms in total. The van der Waals surface area contributed by atoms with Crippen molar-refractivity contribution in [1.29, 1.82) is 0 Å². The summed E-state index contributed by atoms with van der Waals surface area (Å²) in [6, 6.07) is 12.4. The molecule has 0 spiro atoms. The third-order valence-electron chi connectivity index (χ3n) is 3.99. The van der Waals surface area contributed by atoms with Gasteiger partial charge in [0.2, 0.25) is 0 Å². The zero-order valence-corrected chi connectivity index (χ0v) is 13.1. The number of urea groups is 1. The van der Waals surface area contributed by atoms with Gasteiger partial charge in [-0.2, -0.15) is 0 Å². The minimum absolute atomic E-state index is 0.0815. The van der Waals surface area contributed by atoms with Crippen LogP contribution in [0.5, 0.6) is 0 Å². The zero-order chi connectivity index (χ0) is 16.4. The molecule has 1 aliphatic heterocycles. The number of allylic oxidation sites excluding steroid dienone is 1. The van der Waals surface area contributed by atoms with E-state index in [2.05, 4.69) is 5.32 Å². The number of furan rings is 1. The lowest BCUT2D eigenvalue weighted by Crippen LogP contribution is -2.47. The van der Waals surface area contributed by atoms with E-state index in [0.717, 1.165) is 5.56 Å². The maximum absolute atomic E-state index is 12.5. The van der Waals surface area contributed by atoms with Crippen LogP contribution in [0.3, 0.4) is 0 Å². The van der Waals surface area contributed by atoms with E-state index in [4.69, 9.17) is 4.42 Å². The molecule has 0 bridgehead atoms. The van der Waals surface area contributed by atoms with Gasteiger partial charge in [-0.05, 0) is 31.5 Å². The Morgan fingerprint density at radius 3 is 2.57 bits per heavy atom. The Morgan fingerprint density at radius 1 is 1.22 bits per heavy atom. The summed E-state index contributed by atoms with van der Waals surface area (Å²) < 4.78 is 5.38. The third kappa shape index (κ3) is 2.90. The standard InChI is InChI=1S/C18H18N2O3/c1-12-16(13(2)21)17(15-9-6-10-23-15)19-18(22)20(12)11-14-7-4-3-5-8-14/h3-10,17H,11H2,1-2H3,(H,19,22)/t17-/m0/s1. The van der Waals surface area contributed by atoms with Gasteiger partial charge in [-0.3, -0.25) is 9.69 Å². The first-order valence-corrected chi connectivity index (χ1v) is 7.45. The van der Waals surface area contributed by atoms with Gasteiger partial charge in [-0.25, -0.2) is 4.79 Å². The van der Waals surface area contributed by atoms with E-state index >= 15 is 0 Å². The van der Waals surface area contributed by atoms with Gasteiger partial charge >= 0.3 is 6.03 Å². The van der Waals surface area contributed by atoms with Crippen LogP contribution in [0.25, 0.3) is 0 Å². The summed E-state index contributed by atoms with van der Waals surface area (Å²) in [7, 11) is 0. The number of carbonyl (C=O) groups is 2. The molecule has 0 radical (unpaired) electrons. The van der Waals surface area contributed by atoms with Crippen LogP contribution < -0.4 is 5.32 Å². The zero-order valence-electron chi connectivity index (χ0n) is 13.1. The Labute approximate surface area is 134 Å². The van der Waals surface area contributed by atoms with Crippen molar-refractivity contribution in [2.75, 3.05) is 0 Å². The molecule has 5 heteroatoms. The van der Waals surface area contributed by atoms with E-state index in [1.807, 2.05) is 30.3 Å². The number of nitrogens with zero attached hydrogens (tertiary/aromatic N) is 1. The summed E-state index contributed by atoms with van der Waals surface area (Å²) in [4.78, 5) is 26.2. The SMILES string of the molecule is CC(=O)C1=C(C)N(Cc2ccccc2)C(=O)N[C@H]1c1ccco1. The fourth-order valence-corrected chi connectivity index (χ4v) is 2.86. The average Bonchev–Trinajstić information content (AvgIpc) is 3.05. The van der Waals surface area contributed by atoms with Crippen LogP contribution >= 0.6 is 0 Å². The maximum Gasteiger partial charge on any atom is 0.322 e. The van der Waals surface area contributed by atoms with Gasteiger partial charge in [-0.15, -0.1) is 0 Å². The number of nitrogens with one attached hydrogen (secondary N) is 1. The highest BCUT2D eigenvalue weighted by Gasteiger charge is 2.35. The quantitative estimate of drug-likeness (QED) is 0.941. The van der Waals surface area contributed by atoms with Gasteiger partial charge in [0.25, 0.3) is 0 Å². The molecule has 2 heterocycles. The molecule has 1 aromatic heterocycles. The van der Waals surface area contributed by atoms with Crippen LogP contribution in [0, 0.1) is 0 Å². The Balaban J connectivity index is 1.99. The fourth-order valence-electron chi connectivity index (χ4n) is 2.86. The number of amides is 2. The van der Waals surface area contributed by atoms with Crippen LogP contribution in [0.15, 0.2) is 64.4 Å². The second-order valence-electron chi connectivity index (χ2n) is 5.52. The van der Waals surface area contributed by atoms with Gasteiger partial charge in [0, 0.05) is 11.3 Å². The molecule has 1 N–H and O–H groups in total. The molecule has 1 atom stereocenters. The molecule has 0 fully saturated rings. The van der Waals surface area contributed by atoms with Crippen molar-refractivity contribution in [2.24, 2.45) is 0 Å². The number of Topliss-reactive ketones (excluding diaryl/α,β-unsaturated/α-hetero) is 1. The second-order valence-corrected chi connectivity index (χ2v) is 5.52. The van der Waals surface area contributed by atoms with Gasteiger partial charge in [0.05, 0.1) is 12.8 Å².